The van der Waals surface area contributed by atoms with Gasteiger partial charge in [-0.3, -0.25) is 0 Å². The molecule has 17 nitrogen and oxygen atoms in total. The summed E-state index contributed by atoms with van der Waals surface area (Å²) in [5.74, 6) is -3.77. The minimum Gasteiger partial charge on any atom is -0.744 e. The van der Waals surface area contributed by atoms with Gasteiger partial charge in [0.05, 0.1) is 25.0 Å². The fraction of sp³-hybridized carbons (Fsp3) is 0. The van der Waals surface area contributed by atoms with Crippen LogP contribution in [-0.4, -0.2) is 67.2 Å². The average molecular weight is 739 g/mol. The van der Waals surface area contributed by atoms with Crippen LogP contribution in [0.4, 0.5) is 11.4 Å². The number of aromatic hydroxyl groups is 3. The van der Waals surface area contributed by atoms with Gasteiger partial charge < -0.3 is 33.5 Å². The minimum absolute atomic E-state index is 0. The summed E-state index contributed by atoms with van der Waals surface area (Å²) in [5.41, 5.74) is -2.15. The normalized spacial score (nSPS) is 12.2. The van der Waals surface area contributed by atoms with E-state index in [-0.39, 0.29) is 124 Å². The van der Waals surface area contributed by atoms with Crippen molar-refractivity contribution in [2.75, 3.05) is 0 Å². The Balaban J connectivity index is 0.00000484. The maximum absolute atomic E-state index is 12.0. The molecule has 4 aromatic carbocycles. The van der Waals surface area contributed by atoms with Crippen LogP contribution >= 0.6 is 0 Å². The first-order chi connectivity index (χ1) is 18.6. The molecule has 0 saturated heterocycles. The van der Waals surface area contributed by atoms with E-state index in [2.05, 4.69) is 10.2 Å². The summed E-state index contributed by atoms with van der Waals surface area (Å²) >= 11 is 0. The maximum atomic E-state index is 12.0. The van der Waals surface area contributed by atoms with Gasteiger partial charge in [-0.05, 0) is 47.2 Å². The van der Waals surface area contributed by atoms with Crippen LogP contribution in [0.2, 0.25) is 0 Å². The van der Waals surface area contributed by atoms with Gasteiger partial charge >= 0.3 is 118 Å². The molecular weight excluding hydrogens is 728 g/mol. The Labute approximate surface area is 343 Å². The average Bonchev–Trinajstić information content (AvgIpc) is 2.80. The van der Waals surface area contributed by atoms with Crippen LogP contribution in [0.1, 0.15) is 0 Å². The summed E-state index contributed by atoms with van der Waals surface area (Å²) < 4.78 is 139. The maximum Gasteiger partial charge on any atom is 1.00 e. The molecule has 0 atom stereocenters. The Morgan fingerprint density at radius 3 is 1.47 bits per heavy atom. The molecule has 4 rings (SSSR count). The van der Waals surface area contributed by atoms with E-state index in [0.717, 1.165) is 12.1 Å². The van der Waals surface area contributed by atoms with E-state index in [1.54, 1.807) is 0 Å². The van der Waals surface area contributed by atoms with Crippen LogP contribution < -0.4 is 118 Å². The van der Waals surface area contributed by atoms with E-state index in [1.807, 2.05) is 0 Å². The number of benzene rings is 4. The summed E-state index contributed by atoms with van der Waals surface area (Å²) in [6.07, 6.45) is 0. The first-order valence-corrected chi connectivity index (χ1v) is 15.8. The van der Waals surface area contributed by atoms with Gasteiger partial charge in [0.2, 0.25) is 0 Å². The largest absolute Gasteiger partial charge is 1.00 e. The fourth-order valence-electron chi connectivity index (χ4n) is 3.75. The molecule has 0 aliphatic rings. The van der Waals surface area contributed by atoms with Crippen LogP contribution in [0.3, 0.4) is 0 Å². The van der Waals surface area contributed by atoms with E-state index in [9.17, 15) is 67.2 Å². The molecule has 25 heteroatoms. The molecule has 4 aromatic rings. The zero-order valence-electron chi connectivity index (χ0n) is 23.3. The Bertz CT molecular complexity index is 2300. The molecule has 0 fully saturated rings. The van der Waals surface area contributed by atoms with Crippen LogP contribution in [0.15, 0.2) is 72.3 Å². The molecule has 0 aliphatic heterocycles. The van der Waals surface area contributed by atoms with Crippen molar-refractivity contribution < 1.29 is 185 Å². The van der Waals surface area contributed by atoms with Crippen molar-refractivity contribution in [3.05, 3.63) is 42.5 Å². The predicted molar refractivity (Wildman–Crippen MR) is 129 cm³/mol. The van der Waals surface area contributed by atoms with Gasteiger partial charge in [-0.2, -0.15) is 0 Å². The molecule has 0 bridgehead atoms. The van der Waals surface area contributed by atoms with Gasteiger partial charge in [0.25, 0.3) is 0 Å². The number of nitrogens with zero attached hydrogens (tertiary/aromatic N) is 2. The smallest absolute Gasteiger partial charge is 0.744 e. The molecule has 218 valence electrons. The number of fused-ring (bicyclic) bond motifs is 2. The molecule has 0 unspecified atom stereocenters. The van der Waals surface area contributed by atoms with Crippen LogP contribution in [0.5, 0.6) is 17.2 Å². The first kappa shape index (κ1) is 45.0. The zero-order chi connectivity index (χ0) is 30.9. The molecule has 45 heavy (non-hydrogen) atoms. The van der Waals surface area contributed by atoms with Crippen molar-refractivity contribution >= 4 is 73.4 Å². The second-order valence-corrected chi connectivity index (χ2v) is 13.5. The van der Waals surface area contributed by atoms with Crippen molar-refractivity contribution in [1.29, 1.82) is 0 Å². The summed E-state index contributed by atoms with van der Waals surface area (Å²) in [5, 5.41) is 36.1. The van der Waals surface area contributed by atoms with Gasteiger partial charge in [-0.1, -0.05) is 6.07 Å². The van der Waals surface area contributed by atoms with Crippen LogP contribution in [0.25, 0.3) is 21.5 Å². The zero-order valence-corrected chi connectivity index (χ0v) is 34.6. The standard InChI is InChI=1S/C20H14N2O15S4.4Na/c23-13-7-11(39(29,30)31)4-9-6-14(40(32,33)34)18(20(25)16(9)13)22-21-17-12-2-1-10(38(26,27)28)3-8(12)5-15(19(17)24)41(35,36)37;;;;/h1-7,23-25H,(H,26,27,28)(H,29,30,31)(H,32,33,34)(H,35,36,37);;;;/q;4*+1/p-4. The van der Waals surface area contributed by atoms with Crippen molar-refractivity contribution in [1.82, 2.24) is 0 Å². The van der Waals surface area contributed by atoms with E-state index in [4.69, 9.17) is 0 Å². The third-order valence-corrected chi connectivity index (χ3v) is 8.84. The van der Waals surface area contributed by atoms with E-state index < -0.39 is 105 Å². The molecule has 0 spiro atoms. The van der Waals surface area contributed by atoms with E-state index in [0.29, 0.717) is 30.3 Å². The monoisotopic (exact) mass is 738 g/mol. The van der Waals surface area contributed by atoms with Crippen molar-refractivity contribution in [2.45, 2.75) is 19.6 Å². The number of rotatable bonds is 6. The SMILES string of the molecule is O=S(=O)([O-])c1ccc2c(N=Nc3c(S(=O)(=O)[O-])cc4cc(S(=O)(=O)[O-])cc(O)c4c3O)c(O)c(S(=O)(=O)[O-])cc2c1.[Na+].[Na+].[Na+].[Na+]. The number of azo groups is 1. The van der Waals surface area contributed by atoms with Crippen molar-refractivity contribution in [3.8, 4) is 17.2 Å². The molecule has 0 amide bonds. The molecular formula is C20H10N2Na4O15S4. The summed E-state index contributed by atoms with van der Waals surface area (Å²) in [7, 11) is -21.4. The number of phenols is 3. The van der Waals surface area contributed by atoms with Gasteiger partial charge in [-0.15, -0.1) is 10.2 Å². The van der Waals surface area contributed by atoms with Gasteiger partial charge in [0.1, 0.15) is 57.6 Å². The minimum atomic E-state index is -5.60. The molecule has 0 aliphatic carbocycles. The summed E-state index contributed by atoms with van der Waals surface area (Å²) in [6, 6.07) is 4.08. The predicted octanol–water partition coefficient (Wildman–Crippen LogP) is -10.8. The van der Waals surface area contributed by atoms with Crippen molar-refractivity contribution in [3.63, 3.8) is 0 Å². The van der Waals surface area contributed by atoms with Crippen LogP contribution in [-0.2, 0) is 40.5 Å². The second kappa shape index (κ2) is 15.7. The Morgan fingerprint density at radius 1 is 0.511 bits per heavy atom. The molecule has 0 saturated carbocycles. The number of hydrogen-bond acceptors (Lipinski definition) is 17. The Morgan fingerprint density at radius 2 is 0.978 bits per heavy atom. The molecule has 0 aromatic heterocycles. The van der Waals surface area contributed by atoms with Crippen LogP contribution in [0, 0.1) is 0 Å². The number of phenolic OH excluding ortho intramolecular Hbond substituents is 3. The van der Waals surface area contributed by atoms with E-state index >= 15 is 0 Å². The van der Waals surface area contributed by atoms with Gasteiger partial charge in [0, 0.05) is 5.39 Å². The fourth-order valence-corrected chi connectivity index (χ4v) is 6.03. The second-order valence-electron chi connectivity index (χ2n) is 8.08. The third kappa shape index (κ3) is 9.60. The summed E-state index contributed by atoms with van der Waals surface area (Å²) in [6.45, 7) is 0. The Kier molecular flexibility index (Phi) is 15.7. The first-order valence-electron chi connectivity index (χ1n) is 10.2. The molecule has 0 heterocycles. The van der Waals surface area contributed by atoms with Crippen molar-refractivity contribution in [2.24, 2.45) is 10.2 Å². The van der Waals surface area contributed by atoms with E-state index in [1.165, 1.54) is 0 Å². The third-order valence-electron chi connectivity index (χ3n) is 5.49. The van der Waals surface area contributed by atoms with Gasteiger partial charge in [0.15, 0.2) is 11.5 Å². The number of hydrogen-bond donors (Lipinski definition) is 3. The molecule has 3 N–H and O–H groups in total. The van der Waals surface area contributed by atoms with Gasteiger partial charge in [-0.25, -0.2) is 33.7 Å². The quantitative estimate of drug-likeness (QED) is 0.0940. The summed E-state index contributed by atoms with van der Waals surface area (Å²) in [4.78, 5) is -4.70. The Hall–Kier alpha value is 0.0400. The topological polar surface area (TPSA) is 314 Å². The molecule has 0 radical (unpaired) electrons.